The van der Waals surface area contributed by atoms with Gasteiger partial charge in [-0.3, -0.25) is 9.69 Å². The second-order valence-electron chi connectivity index (χ2n) is 10.5. The number of ether oxygens (including phenoxy) is 1. The van der Waals surface area contributed by atoms with Gasteiger partial charge in [0.15, 0.2) is 0 Å². The molecule has 0 aromatic heterocycles. The molecule has 0 heterocycles. The number of hydrogen-bond donors (Lipinski definition) is 0. The lowest BCUT2D eigenvalue weighted by Gasteiger charge is -2.39. The van der Waals surface area contributed by atoms with E-state index in [1.807, 2.05) is 26.8 Å². The molecule has 1 aliphatic rings. The molecule has 1 fully saturated rings. The molecule has 34 heavy (non-hydrogen) atoms. The van der Waals surface area contributed by atoms with Crippen LogP contribution in [0.4, 0.5) is 0 Å². The van der Waals surface area contributed by atoms with Crippen molar-refractivity contribution in [2.45, 2.75) is 70.7 Å². The fourth-order valence-electron chi connectivity index (χ4n) is 5.37. The summed E-state index contributed by atoms with van der Waals surface area (Å²) in [7, 11) is 0. The summed E-state index contributed by atoms with van der Waals surface area (Å²) in [6.07, 6.45) is 1.94. The predicted molar refractivity (Wildman–Crippen MR) is 138 cm³/mol. The molecule has 0 radical (unpaired) electrons. The van der Waals surface area contributed by atoms with Gasteiger partial charge in [-0.1, -0.05) is 91.0 Å². The summed E-state index contributed by atoms with van der Waals surface area (Å²) >= 11 is 0. The standard InChI is InChI=1S/C31H37NO2/c1-23(25-16-10-6-11-17-25)32(22-24-14-8-5-9-15-24)28-21-20-27(26-18-12-7-13-19-26)29(28)30(33)34-31(2,3)4/h5-19,23,27-29H,20-22H2,1-4H3/t23-,27+,28-,29+/m0/s1. The fourth-order valence-corrected chi connectivity index (χ4v) is 5.37. The van der Waals surface area contributed by atoms with E-state index in [4.69, 9.17) is 4.74 Å². The number of carbonyl (C=O) groups excluding carboxylic acids is 1. The summed E-state index contributed by atoms with van der Waals surface area (Å²) in [5.41, 5.74) is 3.25. The van der Waals surface area contributed by atoms with Crippen LogP contribution >= 0.6 is 0 Å². The van der Waals surface area contributed by atoms with Crippen molar-refractivity contribution in [2.75, 3.05) is 0 Å². The normalized spacial score (nSPS) is 21.4. The maximum atomic E-state index is 13.7. The first-order chi connectivity index (χ1) is 16.3. The second kappa shape index (κ2) is 10.6. The van der Waals surface area contributed by atoms with E-state index in [1.54, 1.807) is 0 Å². The Morgan fingerprint density at radius 1 is 0.882 bits per heavy atom. The Morgan fingerprint density at radius 3 is 2.03 bits per heavy atom. The molecule has 178 valence electrons. The van der Waals surface area contributed by atoms with Crippen LogP contribution in [0.2, 0.25) is 0 Å². The predicted octanol–water partition coefficient (Wildman–Crippen LogP) is 7.15. The van der Waals surface area contributed by atoms with Crippen LogP contribution in [-0.4, -0.2) is 22.5 Å². The van der Waals surface area contributed by atoms with Gasteiger partial charge in [0.25, 0.3) is 0 Å². The van der Waals surface area contributed by atoms with Gasteiger partial charge in [-0.15, -0.1) is 0 Å². The first-order valence-corrected chi connectivity index (χ1v) is 12.5. The number of esters is 1. The molecule has 3 nitrogen and oxygen atoms in total. The first-order valence-electron chi connectivity index (χ1n) is 12.5. The Bertz CT molecular complexity index is 1040. The Labute approximate surface area is 204 Å². The van der Waals surface area contributed by atoms with Crippen molar-refractivity contribution in [1.82, 2.24) is 4.90 Å². The van der Waals surface area contributed by atoms with E-state index >= 15 is 0 Å². The zero-order valence-electron chi connectivity index (χ0n) is 20.9. The molecule has 0 saturated heterocycles. The number of nitrogens with zero attached hydrogens (tertiary/aromatic N) is 1. The molecule has 0 amide bonds. The van der Waals surface area contributed by atoms with Crippen molar-refractivity contribution in [3.05, 3.63) is 108 Å². The summed E-state index contributed by atoms with van der Waals surface area (Å²) in [5.74, 6) is -0.138. The highest BCUT2D eigenvalue weighted by Gasteiger charge is 2.47. The number of carbonyl (C=O) groups is 1. The van der Waals surface area contributed by atoms with Gasteiger partial charge in [0.2, 0.25) is 0 Å². The molecular formula is C31H37NO2. The van der Waals surface area contributed by atoms with Gasteiger partial charge in [-0.2, -0.15) is 0 Å². The largest absolute Gasteiger partial charge is 0.460 e. The highest BCUT2D eigenvalue weighted by molar-refractivity contribution is 5.75. The van der Waals surface area contributed by atoms with Crippen molar-refractivity contribution in [3.8, 4) is 0 Å². The molecule has 1 saturated carbocycles. The monoisotopic (exact) mass is 455 g/mol. The second-order valence-corrected chi connectivity index (χ2v) is 10.5. The third kappa shape index (κ3) is 5.77. The van der Waals surface area contributed by atoms with Crippen LogP contribution in [0.1, 0.15) is 69.2 Å². The molecular weight excluding hydrogens is 418 g/mol. The van der Waals surface area contributed by atoms with Crippen molar-refractivity contribution in [3.63, 3.8) is 0 Å². The quantitative estimate of drug-likeness (QED) is 0.354. The molecule has 0 bridgehead atoms. The van der Waals surface area contributed by atoms with Gasteiger partial charge in [0, 0.05) is 18.6 Å². The number of benzene rings is 3. The van der Waals surface area contributed by atoms with E-state index in [0.29, 0.717) is 0 Å². The van der Waals surface area contributed by atoms with Crippen molar-refractivity contribution in [1.29, 1.82) is 0 Å². The van der Waals surface area contributed by atoms with Crippen LogP contribution < -0.4 is 0 Å². The van der Waals surface area contributed by atoms with Gasteiger partial charge >= 0.3 is 5.97 Å². The maximum Gasteiger partial charge on any atom is 0.311 e. The zero-order chi connectivity index (χ0) is 24.1. The Morgan fingerprint density at radius 2 is 1.44 bits per heavy atom. The van der Waals surface area contributed by atoms with E-state index in [9.17, 15) is 4.79 Å². The average molecular weight is 456 g/mol. The van der Waals surface area contributed by atoms with E-state index in [-0.39, 0.29) is 29.9 Å². The van der Waals surface area contributed by atoms with E-state index in [0.717, 1.165) is 19.4 Å². The Kier molecular flexibility index (Phi) is 7.53. The van der Waals surface area contributed by atoms with Gasteiger partial charge in [0.1, 0.15) is 5.60 Å². The summed E-state index contributed by atoms with van der Waals surface area (Å²) in [6, 6.07) is 32.0. The summed E-state index contributed by atoms with van der Waals surface area (Å²) in [6.45, 7) is 8.94. The molecule has 1 aliphatic carbocycles. The first kappa shape index (κ1) is 24.2. The lowest BCUT2D eigenvalue weighted by atomic mass is 9.86. The molecule has 0 N–H and O–H groups in total. The van der Waals surface area contributed by atoms with Gasteiger partial charge < -0.3 is 4.74 Å². The molecule has 0 unspecified atom stereocenters. The van der Waals surface area contributed by atoms with Crippen LogP contribution in [0.25, 0.3) is 0 Å². The molecule has 3 aromatic carbocycles. The van der Waals surface area contributed by atoms with Crippen molar-refractivity contribution in [2.24, 2.45) is 5.92 Å². The Hall–Kier alpha value is -2.91. The molecule has 0 aliphatic heterocycles. The van der Waals surface area contributed by atoms with E-state index < -0.39 is 5.60 Å². The van der Waals surface area contributed by atoms with Crippen LogP contribution in [0, 0.1) is 5.92 Å². The lowest BCUT2D eigenvalue weighted by Crippen LogP contribution is -2.44. The van der Waals surface area contributed by atoms with E-state index in [1.165, 1.54) is 16.7 Å². The fraction of sp³-hybridized carbons (Fsp3) is 0.387. The molecule has 3 heteroatoms. The van der Waals surface area contributed by atoms with Crippen LogP contribution in [0.3, 0.4) is 0 Å². The van der Waals surface area contributed by atoms with Crippen molar-refractivity contribution >= 4 is 5.97 Å². The van der Waals surface area contributed by atoms with Crippen LogP contribution in [-0.2, 0) is 16.1 Å². The van der Waals surface area contributed by atoms with Gasteiger partial charge in [-0.05, 0) is 63.1 Å². The highest BCUT2D eigenvalue weighted by Crippen LogP contribution is 2.45. The SMILES string of the molecule is C[C@@H](c1ccccc1)N(Cc1ccccc1)[C@H]1CC[C@H](c2ccccc2)[C@H]1C(=O)OC(C)(C)C. The maximum absolute atomic E-state index is 13.7. The topological polar surface area (TPSA) is 29.5 Å². The van der Waals surface area contributed by atoms with Gasteiger partial charge in [0.05, 0.1) is 5.92 Å². The summed E-state index contributed by atoms with van der Waals surface area (Å²) in [5, 5.41) is 0. The highest BCUT2D eigenvalue weighted by atomic mass is 16.6. The van der Waals surface area contributed by atoms with Crippen LogP contribution in [0.5, 0.6) is 0 Å². The molecule has 4 atom stereocenters. The number of hydrogen-bond acceptors (Lipinski definition) is 3. The third-order valence-electron chi connectivity index (χ3n) is 6.94. The minimum Gasteiger partial charge on any atom is -0.460 e. The van der Waals surface area contributed by atoms with Crippen LogP contribution in [0.15, 0.2) is 91.0 Å². The minimum absolute atomic E-state index is 0.0813. The minimum atomic E-state index is -0.513. The summed E-state index contributed by atoms with van der Waals surface area (Å²) in [4.78, 5) is 16.3. The van der Waals surface area contributed by atoms with Gasteiger partial charge in [-0.25, -0.2) is 0 Å². The molecule has 0 spiro atoms. The van der Waals surface area contributed by atoms with E-state index in [2.05, 4.69) is 96.8 Å². The van der Waals surface area contributed by atoms with Crippen molar-refractivity contribution < 1.29 is 9.53 Å². The average Bonchev–Trinajstić information content (AvgIpc) is 3.28. The lowest BCUT2D eigenvalue weighted by molar-refractivity contribution is -0.162. The Balaban J connectivity index is 1.73. The zero-order valence-corrected chi connectivity index (χ0v) is 20.9. The number of rotatable bonds is 7. The molecule has 4 rings (SSSR count). The summed E-state index contributed by atoms with van der Waals surface area (Å²) < 4.78 is 6.02. The third-order valence-corrected chi connectivity index (χ3v) is 6.94. The smallest absolute Gasteiger partial charge is 0.311 e. The molecule has 3 aromatic rings.